The normalized spacial score (nSPS) is 11.6. The fraction of sp³-hybridized carbons (Fsp3) is 0.517. The number of amides is 2. The fourth-order valence-electron chi connectivity index (χ4n) is 3.91. The summed E-state index contributed by atoms with van der Waals surface area (Å²) in [5.74, 6) is -0.278. The highest BCUT2D eigenvalue weighted by molar-refractivity contribution is 5.74. The van der Waals surface area contributed by atoms with Crippen molar-refractivity contribution in [2.75, 3.05) is 26.3 Å². The highest BCUT2D eigenvalue weighted by Gasteiger charge is 2.18. The monoisotopic (exact) mass is 498 g/mol. The minimum Gasteiger partial charge on any atom is -0.492 e. The molecule has 0 aliphatic rings. The van der Waals surface area contributed by atoms with Crippen LogP contribution < -0.4 is 10.1 Å². The maximum Gasteiger partial charge on any atom is 0.333 e. The molecule has 2 amide bonds. The van der Waals surface area contributed by atoms with E-state index in [1.165, 1.54) is 25.7 Å². The molecule has 0 aromatic heterocycles. The van der Waals surface area contributed by atoms with E-state index in [0.717, 1.165) is 24.0 Å². The molecule has 0 saturated carbocycles. The lowest BCUT2D eigenvalue weighted by molar-refractivity contribution is -0.149. The second-order valence-electron chi connectivity index (χ2n) is 8.88. The highest BCUT2D eigenvalue weighted by atomic mass is 16.5. The van der Waals surface area contributed by atoms with Gasteiger partial charge >= 0.3 is 12.0 Å². The third-order valence-electron chi connectivity index (χ3n) is 5.97. The largest absolute Gasteiger partial charge is 0.492 e. The average Bonchev–Trinajstić information content (AvgIpc) is 2.89. The van der Waals surface area contributed by atoms with Crippen molar-refractivity contribution in [1.29, 1.82) is 0 Å². The van der Waals surface area contributed by atoms with Gasteiger partial charge in [-0.05, 0) is 36.6 Å². The number of nitrogens with zero attached hydrogens (tertiary/aromatic N) is 1. The number of hydrogen-bond acceptors (Lipinski definition) is 4. The van der Waals surface area contributed by atoms with Crippen LogP contribution in [-0.4, -0.2) is 54.4 Å². The van der Waals surface area contributed by atoms with Gasteiger partial charge in [-0.25, -0.2) is 9.59 Å². The minimum atomic E-state index is -0.965. The van der Waals surface area contributed by atoms with Crippen molar-refractivity contribution in [3.8, 4) is 5.75 Å². The Morgan fingerprint density at radius 3 is 2.25 bits per heavy atom. The van der Waals surface area contributed by atoms with E-state index in [2.05, 4.69) is 12.2 Å². The second-order valence-corrected chi connectivity index (χ2v) is 8.88. The molecular weight excluding hydrogens is 456 g/mol. The predicted octanol–water partition coefficient (Wildman–Crippen LogP) is 5.67. The van der Waals surface area contributed by atoms with Crippen molar-refractivity contribution in [1.82, 2.24) is 10.2 Å². The molecule has 2 rings (SSSR count). The molecule has 1 atom stereocenters. The summed E-state index contributed by atoms with van der Waals surface area (Å²) in [5, 5.41) is 12.3. The van der Waals surface area contributed by atoms with E-state index in [4.69, 9.17) is 9.47 Å². The van der Waals surface area contributed by atoms with Crippen molar-refractivity contribution in [2.45, 2.75) is 71.4 Å². The van der Waals surface area contributed by atoms with Crippen molar-refractivity contribution in [3.63, 3.8) is 0 Å². The minimum absolute atomic E-state index is 0.0815. The zero-order valence-corrected chi connectivity index (χ0v) is 21.8. The molecule has 2 aromatic rings. The van der Waals surface area contributed by atoms with E-state index in [-0.39, 0.29) is 6.03 Å². The zero-order valence-electron chi connectivity index (χ0n) is 21.8. The summed E-state index contributed by atoms with van der Waals surface area (Å²) in [6.07, 6.45) is 6.46. The topological polar surface area (TPSA) is 88.1 Å². The predicted molar refractivity (Wildman–Crippen MR) is 142 cm³/mol. The number of carboxylic acids is 1. The average molecular weight is 499 g/mol. The Hall–Kier alpha value is -3.06. The molecule has 7 heteroatoms. The molecule has 0 aliphatic heterocycles. The molecule has 0 aliphatic carbocycles. The third-order valence-corrected chi connectivity index (χ3v) is 5.97. The van der Waals surface area contributed by atoms with Gasteiger partial charge in [-0.1, -0.05) is 81.5 Å². The SMILES string of the molecule is CCCCCCCCN(CCOc1ccc(CC(OCC)C(=O)O)cc1)C(=O)NCc1ccccc1. The summed E-state index contributed by atoms with van der Waals surface area (Å²) in [5.41, 5.74) is 1.93. The van der Waals surface area contributed by atoms with Crippen molar-refractivity contribution in [2.24, 2.45) is 0 Å². The molecule has 0 bridgehead atoms. The fourth-order valence-corrected chi connectivity index (χ4v) is 3.91. The van der Waals surface area contributed by atoms with Crippen LogP contribution in [0, 0.1) is 0 Å². The Kier molecular flexibility index (Phi) is 14.1. The summed E-state index contributed by atoms with van der Waals surface area (Å²) < 4.78 is 11.2. The number of ether oxygens (including phenoxy) is 2. The zero-order chi connectivity index (χ0) is 26.0. The van der Waals surface area contributed by atoms with Crippen LogP contribution in [0.4, 0.5) is 4.79 Å². The number of rotatable bonds is 18. The first-order valence-electron chi connectivity index (χ1n) is 13.2. The number of benzene rings is 2. The van der Waals surface area contributed by atoms with E-state index in [0.29, 0.717) is 45.0 Å². The first kappa shape index (κ1) is 29.2. The summed E-state index contributed by atoms with van der Waals surface area (Å²) >= 11 is 0. The number of unbranched alkanes of at least 4 members (excludes halogenated alkanes) is 5. The lowest BCUT2D eigenvalue weighted by Crippen LogP contribution is -2.42. The third kappa shape index (κ3) is 11.6. The lowest BCUT2D eigenvalue weighted by atomic mass is 10.1. The van der Waals surface area contributed by atoms with Crippen LogP contribution in [-0.2, 0) is 22.5 Å². The number of hydrogen-bond donors (Lipinski definition) is 2. The first-order chi connectivity index (χ1) is 17.5. The van der Waals surface area contributed by atoms with Crippen LogP contribution in [0.5, 0.6) is 5.75 Å². The molecule has 198 valence electrons. The summed E-state index contributed by atoms with van der Waals surface area (Å²) in [6, 6.07) is 17.2. The van der Waals surface area contributed by atoms with Crippen molar-refractivity contribution < 1.29 is 24.2 Å². The summed E-state index contributed by atoms with van der Waals surface area (Å²) in [6.45, 7) is 6.40. The molecule has 7 nitrogen and oxygen atoms in total. The van der Waals surface area contributed by atoms with E-state index < -0.39 is 12.1 Å². The van der Waals surface area contributed by atoms with Crippen molar-refractivity contribution >= 4 is 12.0 Å². The van der Waals surface area contributed by atoms with Gasteiger partial charge in [-0.3, -0.25) is 0 Å². The van der Waals surface area contributed by atoms with Gasteiger partial charge in [0, 0.05) is 26.1 Å². The Bertz CT molecular complexity index is 873. The molecule has 0 heterocycles. The van der Waals surface area contributed by atoms with Gasteiger partial charge in [0.05, 0.1) is 6.54 Å². The number of aliphatic carboxylic acids is 1. The van der Waals surface area contributed by atoms with Gasteiger partial charge in [0.2, 0.25) is 0 Å². The molecule has 0 saturated heterocycles. The maximum atomic E-state index is 12.9. The Morgan fingerprint density at radius 2 is 1.58 bits per heavy atom. The molecule has 2 N–H and O–H groups in total. The Morgan fingerprint density at radius 1 is 0.889 bits per heavy atom. The molecule has 1 unspecified atom stereocenters. The summed E-state index contributed by atoms with van der Waals surface area (Å²) in [7, 11) is 0. The van der Waals surface area contributed by atoms with Gasteiger partial charge in [0.25, 0.3) is 0 Å². The van der Waals surface area contributed by atoms with Gasteiger partial charge in [-0.15, -0.1) is 0 Å². The molecule has 0 fully saturated rings. The molecule has 0 radical (unpaired) electrons. The van der Waals surface area contributed by atoms with E-state index in [9.17, 15) is 14.7 Å². The van der Waals surface area contributed by atoms with Crippen LogP contribution in [0.1, 0.15) is 63.5 Å². The van der Waals surface area contributed by atoms with E-state index >= 15 is 0 Å². The van der Waals surface area contributed by atoms with Crippen LogP contribution in [0.3, 0.4) is 0 Å². The standard InChI is InChI=1S/C29H42N2O5/c1-3-5-6-7-8-12-19-31(29(34)30-23-25-13-10-9-11-14-25)20-21-36-26-17-15-24(16-18-26)22-27(28(32)33)35-4-2/h9-11,13-18,27H,3-8,12,19-23H2,1-2H3,(H,30,34)(H,32,33). The van der Waals surface area contributed by atoms with Crippen LogP contribution in [0.15, 0.2) is 54.6 Å². The number of carbonyl (C=O) groups excluding carboxylic acids is 1. The first-order valence-corrected chi connectivity index (χ1v) is 13.2. The summed E-state index contributed by atoms with van der Waals surface area (Å²) in [4.78, 5) is 26.0. The number of nitrogens with one attached hydrogen (secondary N) is 1. The quantitative estimate of drug-likeness (QED) is 0.259. The smallest absolute Gasteiger partial charge is 0.333 e. The van der Waals surface area contributed by atoms with Gasteiger partial charge < -0.3 is 24.8 Å². The molecule has 0 spiro atoms. The molecule has 2 aromatic carbocycles. The van der Waals surface area contributed by atoms with E-state index in [1.54, 1.807) is 6.92 Å². The highest BCUT2D eigenvalue weighted by Crippen LogP contribution is 2.15. The van der Waals surface area contributed by atoms with Gasteiger partial charge in [0.1, 0.15) is 12.4 Å². The van der Waals surface area contributed by atoms with Gasteiger partial charge in [0.15, 0.2) is 6.10 Å². The number of urea groups is 1. The number of carboxylic acid groups (broad SMARTS) is 1. The molecule has 36 heavy (non-hydrogen) atoms. The van der Waals surface area contributed by atoms with E-state index in [1.807, 2.05) is 59.5 Å². The Balaban J connectivity index is 1.84. The Labute approximate surface area is 215 Å². The van der Waals surface area contributed by atoms with Gasteiger partial charge in [-0.2, -0.15) is 0 Å². The number of carbonyl (C=O) groups is 2. The van der Waals surface area contributed by atoms with Crippen LogP contribution in [0.2, 0.25) is 0 Å². The van der Waals surface area contributed by atoms with Crippen LogP contribution >= 0.6 is 0 Å². The van der Waals surface area contributed by atoms with Crippen molar-refractivity contribution in [3.05, 3.63) is 65.7 Å². The second kappa shape index (κ2) is 17.4. The maximum absolute atomic E-state index is 12.9. The molecular formula is C29H42N2O5. The lowest BCUT2D eigenvalue weighted by Gasteiger charge is -2.23. The van der Waals surface area contributed by atoms with Crippen LogP contribution in [0.25, 0.3) is 0 Å².